The van der Waals surface area contributed by atoms with Gasteiger partial charge in [0, 0.05) is 6.42 Å². The highest BCUT2D eigenvalue weighted by Gasteiger charge is 2.26. The Kier molecular flexibility index (Phi) is 35.6. The fourth-order valence-corrected chi connectivity index (χ4v) is 7.63. The Bertz CT molecular complexity index is 775. The van der Waals surface area contributed by atoms with E-state index in [0.717, 1.165) is 38.5 Å². The molecule has 0 aliphatic heterocycles. The number of aliphatic hydroxyl groups excluding tert-OH is 1. The molecule has 7 heteroatoms. The third-order valence-corrected chi connectivity index (χ3v) is 10.8. The lowest BCUT2D eigenvalue weighted by Crippen LogP contribution is -2.47. The number of carbonyl (C=O) groups is 1. The standard InChI is InChI=1S/C41H83NO5S/c1-3-5-7-9-11-13-15-17-19-20-21-23-25-27-29-31-33-35-37-41(44)42-39(38-48(45,46)47)40(43)36-34-32-30-28-26-24-22-18-16-14-12-10-8-6-4-2/h39-40,43H,3-38H2,1-2H3,(H,42,44)(H,45,46,47). The highest BCUT2D eigenvalue weighted by molar-refractivity contribution is 7.85. The molecule has 1 amide bonds. The van der Waals surface area contributed by atoms with Crippen molar-refractivity contribution >= 4 is 16.0 Å². The maximum absolute atomic E-state index is 12.5. The lowest BCUT2D eigenvalue weighted by Gasteiger charge is -2.23. The molecule has 0 spiro atoms. The summed E-state index contributed by atoms with van der Waals surface area (Å²) in [7, 11) is -4.30. The van der Waals surface area contributed by atoms with Gasteiger partial charge in [-0.05, 0) is 12.8 Å². The van der Waals surface area contributed by atoms with E-state index in [1.54, 1.807) is 0 Å². The van der Waals surface area contributed by atoms with E-state index in [0.29, 0.717) is 12.8 Å². The molecule has 0 aromatic rings. The molecule has 0 aliphatic carbocycles. The van der Waals surface area contributed by atoms with E-state index < -0.39 is 28.0 Å². The Hall–Kier alpha value is -0.660. The van der Waals surface area contributed by atoms with Gasteiger partial charge in [-0.25, -0.2) is 0 Å². The number of aliphatic hydroxyl groups is 1. The van der Waals surface area contributed by atoms with Crippen molar-refractivity contribution in [3.63, 3.8) is 0 Å². The second kappa shape index (κ2) is 36.1. The third-order valence-electron chi connectivity index (χ3n) is 10.1. The second-order valence-corrected chi connectivity index (χ2v) is 16.5. The van der Waals surface area contributed by atoms with Crippen molar-refractivity contribution < 1.29 is 22.9 Å². The lowest BCUT2D eigenvalue weighted by atomic mass is 10.0. The van der Waals surface area contributed by atoms with Crippen LogP contribution in [0, 0.1) is 0 Å². The van der Waals surface area contributed by atoms with Gasteiger partial charge in [0.05, 0.1) is 17.9 Å². The number of carbonyl (C=O) groups excluding carboxylic acids is 1. The van der Waals surface area contributed by atoms with Crippen LogP contribution in [0.4, 0.5) is 0 Å². The zero-order valence-corrected chi connectivity index (χ0v) is 33.0. The van der Waals surface area contributed by atoms with Crippen LogP contribution in [0.25, 0.3) is 0 Å². The number of nitrogens with one attached hydrogen (secondary N) is 1. The summed E-state index contributed by atoms with van der Waals surface area (Å²) < 4.78 is 32.5. The average Bonchev–Trinajstić information content (AvgIpc) is 3.05. The zero-order chi connectivity index (χ0) is 35.4. The van der Waals surface area contributed by atoms with Gasteiger partial charge in [0.15, 0.2) is 0 Å². The fraction of sp³-hybridized carbons (Fsp3) is 0.976. The van der Waals surface area contributed by atoms with Gasteiger partial charge in [-0.3, -0.25) is 9.35 Å². The van der Waals surface area contributed by atoms with Crippen molar-refractivity contribution in [2.24, 2.45) is 0 Å². The largest absolute Gasteiger partial charge is 0.391 e. The van der Waals surface area contributed by atoms with E-state index in [-0.39, 0.29) is 5.91 Å². The smallest absolute Gasteiger partial charge is 0.266 e. The molecule has 48 heavy (non-hydrogen) atoms. The maximum atomic E-state index is 12.5. The molecule has 0 saturated carbocycles. The predicted molar refractivity (Wildman–Crippen MR) is 207 cm³/mol. The molecule has 2 unspecified atom stereocenters. The van der Waals surface area contributed by atoms with Gasteiger partial charge >= 0.3 is 0 Å². The molecular weight excluding hydrogens is 619 g/mol. The van der Waals surface area contributed by atoms with Gasteiger partial charge in [0.25, 0.3) is 10.1 Å². The molecule has 0 heterocycles. The highest BCUT2D eigenvalue weighted by atomic mass is 32.2. The molecule has 6 nitrogen and oxygen atoms in total. The van der Waals surface area contributed by atoms with Crippen LogP contribution in [0.15, 0.2) is 0 Å². The monoisotopic (exact) mass is 702 g/mol. The summed E-state index contributed by atoms with van der Waals surface area (Å²) in [6.07, 6.45) is 41.9. The molecule has 288 valence electrons. The van der Waals surface area contributed by atoms with Crippen LogP contribution in [0.3, 0.4) is 0 Å². The summed E-state index contributed by atoms with van der Waals surface area (Å²) in [4.78, 5) is 12.5. The zero-order valence-electron chi connectivity index (χ0n) is 32.1. The van der Waals surface area contributed by atoms with Crippen molar-refractivity contribution in [3.8, 4) is 0 Å². The summed E-state index contributed by atoms with van der Waals surface area (Å²) in [5, 5.41) is 13.4. The number of hydrogen-bond donors (Lipinski definition) is 3. The molecular formula is C41H83NO5S. The summed E-state index contributed by atoms with van der Waals surface area (Å²) >= 11 is 0. The molecule has 0 aromatic carbocycles. The molecule has 0 bridgehead atoms. The minimum Gasteiger partial charge on any atom is -0.391 e. The third kappa shape index (κ3) is 36.6. The van der Waals surface area contributed by atoms with Crippen molar-refractivity contribution in [1.82, 2.24) is 5.32 Å². The van der Waals surface area contributed by atoms with E-state index in [2.05, 4.69) is 19.2 Å². The van der Waals surface area contributed by atoms with Gasteiger partial charge in [-0.2, -0.15) is 8.42 Å². The molecule has 0 rings (SSSR count). The molecule has 2 atom stereocenters. The van der Waals surface area contributed by atoms with Crippen molar-refractivity contribution in [3.05, 3.63) is 0 Å². The quantitative estimate of drug-likeness (QED) is 0.0437. The van der Waals surface area contributed by atoms with Crippen LogP contribution in [-0.2, 0) is 14.9 Å². The van der Waals surface area contributed by atoms with Gasteiger partial charge < -0.3 is 10.4 Å². The Labute approximate surface area is 299 Å². The van der Waals surface area contributed by atoms with Crippen LogP contribution in [0.1, 0.15) is 239 Å². The van der Waals surface area contributed by atoms with Gasteiger partial charge in [0.1, 0.15) is 0 Å². The Morgan fingerprint density at radius 2 is 0.750 bits per heavy atom. The summed E-state index contributed by atoms with van der Waals surface area (Å²) in [5.74, 6) is -0.881. The molecule has 0 fully saturated rings. The topological polar surface area (TPSA) is 104 Å². The fourth-order valence-electron chi connectivity index (χ4n) is 6.87. The Morgan fingerprint density at radius 3 is 1.04 bits per heavy atom. The minimum absolute atomic E-state index is 0.240. The van der Waals surface area contributed by atoms with E-state index in [1.807, 2.05) is 0 Å². The second-order valence-electron chi connectivity index (χ2n) is 15.0. The van der Waals surface area contributed by atoms with Crippen LogP contribution in [0.5, 0.6) is 0 Å². The van der Waals surface area contributed by atoms with Crippen LogP contribution in [0.2, 0.25) is 0 Å². The molecule has 0 aromatic heterocycles. The first-order valence-corrected chi connectivity index (χ1v) is 22.8. The van der Waals surface area contributed by atoms with Crippen molar-refractivity contribution in [2.45, 2.75) is 251 Å². The molecule has 0 aliphatic rings. The average molecular weight is 702 g/mol. The normalized spacial score (nSPS) is 13.2. The Balaban J connectivity index is 3.80. The first-order chi connectivity index (χ1) is 23.3. The maximum Gasteiger partial charge on any atom is 0.266 e. The predicted octanol–water partition coefficient (Wildman–Crippen LogP) is 12.4. The molecule has 0 radical (unpaired) electrons. The van der Waals surface area contributed by atoms with E-state index in [9.17, 15) is 22.9 Å². The van der Waals surface area contributed by atoms with Gasteiger partial charge in [0.2, 0.25) is 5.91 Å². The number of rotatable bonds is 39. The molecule has 0 saturated heterocycles. The van der Waals surface area contributed by atoms with E-state index >= 15 is 0 Å². The number of amides is 1. The Morgan fingerprint density at radius 1 is 0.479 bits per heavy atom. The molecule has 3 N–H and O–H groups in total. The van der Waals surface area contributed by atoms with Crippen LogP contribution in [-0.4, -0.2) is 41.9 Å². The summed E-state index contributed by atoms with van der Waals surface area (Å²) in [6.45, 7) is 4.54. The van der Waals surface area contributed by atoms with E-state index in [1.165, 1.54) is 173 Å². The first-order valence-electron chi connectivity index (χ1n) is 21.2. The SMILES string of the molecule is CCCCCCCCCCCCCCCCCCCCC(=O)NC(CS(=O)(=O)O)C(O)CCCCCCCCCCCCCCCCC. The van der Waals surface area contributed by atoms with Crippen LogP contribution < -0.4 is 5.32 Å². The van der Waals surface area contributed by atoms with E-state index in [4.69, 9.17) is 0 Å². The lowest BCUT2D eigenvalue weighted by molar-refractivity contribution is -0.122. The summed E-state index contributed by atoms with van der Waals surface area (Å²) in [6, 6.07) is -0.963. The van der Waals surface area contributed by atoms with Crippen molar-refractivity contribution in [2.75, 3.05) is 5.75 Å². The number of unbranched alkanes of at least 4 members (excludes halogenated alkanes) is 31. The highest BCUT2D eigenvalue weighted by Crippen LogP contribution is 2.17. The van der Waals surface area contributed by atoms with Crippen LogP contribution >= 0.6 is 0 Å². The summed E-state index contributed by atoms with van der Waals surface area (Å²) in [5.41, 5.74) is 0. The minimum atomic E-state index is -4.30. The van der Waals surface area contributed by atoms with Gasteiger partial charge in [-0.1, -0.05) is 219 Å². The van der Waals surface area contributed by atoms with Crippen molar-refractivity contribution in [1.29, 1.82) is 0 Å². The number of hydrogen-bond acceptors (Lipinski definition) is 4. The first kappa shape index (κ1) is 47.3. The van der Waals surface area contributed by atoms with Gasteiger partial charge in [-0.15, -0.1) is 0 Å².